The summed E-state index contributed by atoms with van der Waals surface area (Å²) in [6.45, 7) is 7.55. The first-order valence-corrected chi connectivity index (χ1v) is 8.41. The maximum atomic E-state index is 3.63. The predicted octanol–water partition coefficient (Wildman–Crippen LogP) is 4.83. The molecule has 1 atom stereocenters. The molecule has 2 aromatic carbocycles. The molecule has 0 bridgehead atoms. The molecule has 0 amide bonds. The highest BCUT2D eigenvalue weighted by Gasteiger charge is 2.11. The molecule has 2 heteroatoms. The summed E-state index contributed by atoms with van der Waals surface area (Å²) in [6, 6.07) is 15.8. The number of rotatable bonds is 6. The zero-order chi connectivity index (χ0) is 15.2. The van der Waals surface area contributed by atoms with Crippen LogP contribution in [0, 0.1) is 13.8 Å². The largest absolute Gasteiger partial charge is 0.314 e. The summed E-state index contributed by atoms with van der Waals surface area (Å²) in [5, 5.41) is 3.63. The normalized spacial score (nSPS) is 12.4. The highest BCUT2D eigenvalue weighted by atomic mass is 79.9. The van der Waals surface area contributed by atoms with E-state index in [0.29, 0.717) is 6.04 Å². The van der Waals surface area contributed by atoms with Gasteiger partial charge >= 0.3 is 0 Å². The van der Waals surface area contributed by atoms with Crippen LogP contribution in [0.3, 0.4) is 0 Å². The second kappa shape index (κ2) is 7.77. The van der Waals surface area contributed by atoms with Crippen molar-refractivity contribution in [3.8, 4) is 0 Å². The van der Waals surface area contributed by atoms with E-state index in [0.717, 1.165) is 23.9 Å². The van der Waals surface area contributed by atoms with Crippen LogP contribution in [0.15, 0.2) is 46.9 Å². The molecule has 0 aliphatic rings. The lowest BCUT2D eigenvalue weighted by molar-refractivity contribution is 0.520. The first kappa shape index (κ1) is 16.3. The lowest BCUT2D eigenvalue weighted by Gasteiger charge is -2.20. The summed E-state index contributed by atoms with van der Waals surface area (Å²) in [5.41, 5.74) is 5.56. The van der Waals surface area contributed by atoms with Gasteiger partial charge in [-0.05, 0) is 62.1 Å². The molecule has 112 valence electrons. The Labute approximate surface area is 136 Å². The Kier molecular flexibility index (Phi) is 6.01. The number of halogens is 1. The summed E-state index contributed by atoms with van der Waals surface area (Å²) < 4.78 is 1.15. The maximum Gasteiger partial charge on any atom is 0.0178 e. The molecule has 0 fully saturated rings. The summed E-state index contributed by atoms with van der Waals surface area (Å²) in [6.07, 6.45) is 2.13. The summed E-state index contributed by atoms with van der Waals surface area (Å²) in [4.78, 5) is 0. The molecular weight excluding hydrogens is 322 g/mol. The van der Waals surface area contributed by atoms with E-state index in [2.05, 4.69) is 84.5 Å². The Morgan fingerprint density at radius 2 is 1.86 bits per heavy atom. The van der Waals surface area contributed by atoms with Gasteiger partial charge in [0, 0.05) is 10.5 Å². The second-order valence-electron chi connectivity index (χ2n) is 5.72. The van der Waals surface area contributed by atoms with E-state index < -0.39 is 0 Å². The van der Waals surface area contributed by atoms with Crippen LogP contribution in [0.5, 0.6) is 0 Å². The van der Waals surface area contributed by atoms with E-state index in [4.69, 9.17) is 0 Å². The molecule has 0 radical (unpaired) electrons. The molecular formula is C19H24BrN. The van der Waals surface area contributed by atoms with Crippen molar-refractivity contribution in [1.29, 1.82) is 0 Å². The van der Waals surface area contributed by atoms with Crippen LogP contribution in [-0.4, -0.2) is 12.6 Å². The van der Waals surface area contributed by atoms with Crippen molar-refractivity contribution in [2.75, 3.05) is 6.54 Å². The van der Waals surface area contributed by atoms with Crippen molar-refractivity contribution in [3.63, 3.8) is 0 Å². The monoisotopic (exact) mass is 345 g/mol. The van der Waals surface area contributed by atoms with E-state index in [1.54, 1.807) is 0 Å². The second-order valence-corrected chi connectivity index (χ2v) is 6.64. The van der Waals surface area contributed by atoms with Crippen LogP contribution in [0.25, 0.3) is 0 Å². The molecule has 0 aromatic heterocycles. The number of hydrogen-bond acceptors (Lipinski definition) is 1. The fourth-order valence-corrected chi connectivity index (χ4v) is 3.19. The van der Waals surface area contributed by atoms with Crippen LogP contribution in [0.4, 0.5) is 0 Å². The van der Waals surface area contributed by atoms with Crippen LogP contribution >= 0.6 is 15.9 Å². The fourth-order valence-electron chi connectivity index (χ4n) is 2.74. The molecule has 21 heavy (non-hydrogen) atoms. The molecule has 2 rings (SSSR count). The van der Waals surface area contributed by atoms with Gasteiger partial charge in [-0.15, -0.1) is 0 Å². The average molecular weight is 346 g/mol. The SMILES string of the molecule is CCNC(Cc1cccc(Br)c1)Cc1cc(C)ccc1C. The van der Waals surface area contributed by atoms with Gasteiger partial charge in [-0.3, -0.25) is 0 Å². The molecule has 0 aliphatic heterocycles. The molecule has 1 N–H and O–H groups in total. The predicted molar refractivity (Wildman–Crippen MR) is 94.9 cm³/mol. The van der Waals surface area contributed by atoms with Crippen molar-refractivity contribution in [3.05, 3.63) is 69.2 Å². The minimum absolute atomic E-state index is 0.477. The molecule has 0 saturated carbocycles. The lowest BCUT2D eigenvalue weighted by atomic mass is 9.95. The molecule has 0 aliphatic carbocycles. The molecule has 1 nitrogen and oxygen atoms in total. The van der Waals surface area contributed by atoms with E-state index in [-0.39, 0.29) is 0 Å². The van der Waals surface area contributed by atoms with Gasteiger partial charge in [0.25, 0.3) is 0 Å². The number of benzene rings is 2. The minimum Gasteiger partial charge on any atom is -0.314 e. The Balaban J connectivity index is 2.13. The van der Waals surface area contributed by atoms with Crippen molar-refractivity contribution in [2.24, 2.45) is 0 Å². The highest BCUT2D eigenvalue weighted by Crippen LogP contribution is 2.17. The topological polar surface area (TPSA) is 12.0 Å². The van der Waals surface area contributed by atoms with Gasteiger partial charge in [0.05, 0.1) is 0 Å². The van der Waals surface area contributed by atoms with Gasteiger partial charge < -0.3 is 5.32 Å². The third-order valence-corrected chi connectivity index (χ3v) is 4.33. The van der Waals surface area contributed by atoms with Gasteiger partial charge in [-0.2, -0.15) is 0 Å². The van der Waals surface area contributed by atoms with Gasteiger partial charge in [-0.25, -0.2) is 0 Å². The van der Waals surface area contributed by atoms with Crippen molar-refractivity contribution >= 4 is 15.9 Å². The summed E-state index contributed by atoms with van der Waals surface area (Å²) >= 11 is 3.56. The zero-order valence-electron chi connectivity index (χ0n) is 13.1. The quantitative estimate of drug-likeness (QED) is 0.790. The smallest absolute Gasteiger partial charge is 0.0178 e. The van der Waals surface area contributed by atoms with Crippen molar-refractivity contribution in [1.82, 2.24) is 5.32 Å². The standard InChI is InChI=1S/C19H24BrN/c1-4-21-19(12-16-6-5-7-18(20)11-16)13-17-10-14(2)8-9-15(17)3/h5-11,19,21H,4,12-13H2,1-3H3. The van der Waals surface area contributed by atoms with E-state index in [1.165, 1.54) is 22.3 Å². The average Bonchev–Trinajstić information content (AvgIpc) is 2.43. The Bertz CT molecular complexity index is 592. The molecule has 0 saturated heterocycles. The molecule has 0 spiro atoms. The van der Waals surface area contributed by atoms with E-state index >= 15 is 0 Å². The van der Waals surface area contributed by atoms with E-state index in [1.807, 2.05) is 0 Å². The third kappa shape index (κ3) is 4.98. The Morgan fingerprint density at radius 1 is 1.05 bits per heavy atom. The lowest BCUT2D eigenvalue weighted by Crippen LogP contribution is -2.33. The zero-order valence-corrected chi connectivity index (χ0v) is 14.7. The number of nitrogens with one attached hydrogen (secondary N) is 1. The Hall–Kier alpha value is -1.12. The van der Waals surface area contributed by atoms with Gasteiger partial charge in [0.2, 0.25) is 0 Å². The third-order valence-electron chi connectivity index (χ3n) is 3.83. The van der Waals surface area contributed by atoms with Gasteiger partial charge in [0.15, 0.2) is 0 Å². The number of likely N-dealkylation sites (N-methyl/N-ethyl adjacent to an activating group) is 1. The van der Waals surface area contributed by atoms with Crippen molar-refractivity contribution in [2.45, 2.75) is 39.7 Å². The molecule has 0 heterocycles. The van der Waals surface area contributed by atoms with Gasteiger partial charge in [0.1, 0.15) is 0 Å². The first-order valence-electron chi connectivity index (χ1n) is 7.62. The summed E-state index contributed by atoms with van der Waals surface area (Å²) in [5.74, 6) is 0. The first-order chi connectivity index (χ1) is 10.1. The van der Waals surface area contributed by atoms with Crippen molar-refractivity contribution < 1.29 is 0 Å². The minimum atomic E-state index is 0.477. The fraction of sp³-hybridized carbons (Fsp3) is 0.368. The van der Waals surface area contributed by atoms with Crippen LogP contribution in [0.1, 0.15) is 29.2 Å². The van der Waals surface area contributed by atoms with Gasteiger partial charge in [-0.1, -0.05) is 58.7 Å². The van der Waals surface area contributed by atoms with Crippen LogP contribution < -0.4 is 5.32 Å². The number of hydrogen-bond donors (Lipinski definition) is 1. The molecule has 1 unspecified atom stereocenters. The Morgan fingerprint density at radius 3 is 2.57 bits per heavy atom. The van der Waals surface area contributed by atoms with E-state index in [9.17, 15) is 0 Å². The van der Waals surface area contributed by atoms with Crippen LogP contribution in [0.2, 0.25) is 0 Å². The molecule has 2 aromatic rings. The maximum absolute atomic E-state index is 3.63. The number of aryl methyl sites for hydroxylation is 2. The van der Waals surface area contributed by atoms with Crippen LogP contribution in [-0.2, 0) is 12.8 Å². The highest BCUT2D eigenvalue weighted by molar-refractivity contribution is 9.10. The summed E-state index contributed by atoms with van der Waals surface area (Å²) in [7, 11) is 0.